The molecule has 1 rings (SSSR count). The molecule has 78 valence electrons. The number of carbonyl (C=O) groups excluding carboxylic acids is 1. The van der Waals surface area contributed by atoms with Crippen LogP contribution in [0, 0.1) is 0 Å². The lowest BCUT2D eigenvalue weighted by molar-refractivity contribution is -0.142. The van der Waals surface area contributed by atoms with Crippen LogP contribution in [-0.4, -0.2) is 39.3 Å². The maximum Gasteiger partial charge on any atom is 0.322 e. The summed E-state index contributed by atoms with van der Waals surface area (Å²) >= 11 is 0. The molecule has 0 saturated heterocycles. The molecule has 0 aliphatic heterocycles. The standard InChI is InChI=1S/C7H13N5O2/c1-5(7(13)14-3)8-4-6-9-11-12(2)10-6/h5,8H,4H2,1-3H3. The minimum absolute atomic E-state index is 0.311. The zero-order valence-corrected chi connectivity index (χ0v) is 8.39. The molecular weight excluding hydrogens is 186 g/mol. The molecule has 0 bridgehead atoms. The largest absolute Gasteiger partial charge is 0.468 e. The van der Waals surface area contributed by atoms with Gasteiger partial charge < -0.3 is 4.74 Å². The van der Waals surface area contributed by atoms with Crippen molar-refractivity contribution in [1.82, 2.24) is 25.5 Å². The SMILES string of the molecule is COC(=O)C(C)NCc1nnn(C)n1. The summed E-state index contributed by atoms with van der Waals surface area (Å²) in [5.41, 5.74) is 0. The number of hydrogen-bond donors (Lipinski definition) is 1. The zero-order valence-electron chi connectivity index (χ0n) is 8.39. The van der Waals surface area contributed by atoms with Crippen molar-refractivity contribution in [3.63, 3.8) is 0 Å². The second kappa shape index (κ2) is 4.66. The van der Waals surface area contributed by atoms with E-state index in [1.54, 1.807) is 14.0 Å². The van der Waals surface area contributed by atoms with Crippen molar-refractivity contribution in [3.8, 4) is 0 Å². The van der Waals surface area contributed by atoms with Gasteiger partial charge in [-0.15, -0.1) is 10.2 Å². The Morgan fingerprint density at radius 3 is 2.93 bits per heavy atom. The first-order chi connectivity index (χ1) is 6.63. The van der Waals surface area contributed by atoms with Gasteiger partial charge in [0.15, 0.2) is 5.82 Å². The van der Waals surface area contributed by atoms with E-state index in [1.807, 2.05) is 0 Å². The molecule has 7 nitrogen and oxygen atoms in total. The van der Waals surface area contributed by atoms with Gasteiger partial charge in [0.1, 0.15) is 6.04 Å². The van der Waals surface area contributed by atoms with E-state index in [-0.39, 0.29) is 12.0 Å². The number of methoxy groups -OCH3 is 1. The third kappa shape index (κ3) is 2.77. The predicted octanol–water partition coefficient (Wildman–Crippen LogP) is -1.14. The van der Waals surface area contributed by atoms with Crippen molar-refractivity contribution in [2.45, 2.75) is 19.5 Å². The Kier molecular flexibility index (Phi) is 3.52. The van der Waals surface area contributed by atoms with Crippen molar-refractivity contribution in [2.24, 2.45) is 7.05 Å². The first kappa shape index (κ1) is 10.6. The van der Waals surface area contributed by atoms with Crippen LogP contribution in [0.5, 0.6) is 0 Å². The van der Waals surface area contributed by atoms with E-state index in [1.165, 1.54) is 11.9 Å². The molecule has 1 aromatic heterocycles. The third-order valence-corrected chi connectivity index (χ3v) is 1.67. The van der Waals surface area contributed by atoms with Crippen LogP contribution in [0.25, 0.3) is 0 Å². The van der Waals surface area contributed by atoms with Crippen molar-refractivity contribution in [2.75, 3.05) is 7.11 Å². The number of esters is 1. The van der Waals surface area contributed by atoms with E-state index >= 15 is 0 Å². The van der Waals surface area contributed by atoms with Gasteiger partial charge in [-0.1, -0.05) is 0 Å². The Morgan fingerprint density at radius 2 is 2.43 bits per heavy atom. The molecule has 0 saturated carbocycles. The summed E-state index contributed by atoms with van der Waals surface area (Å²) in [4.78, 5) is 12.4. The molecule has 0 aromatic carbocycles. The van der Waals surface area contributed by atoms with Crippen LogP contribution in [0.15, 0.2) is 0 Å². The molecule has 0 radical (unpaired) electrons. The molecule has 0 spiro atoms. The Morgan fingerprint density at radius 1 is 1.71 bits per heavy atom. The van der Waals surface area contributed by atoms with E-state index in [0.29, 0.717) is 12.4 Å². The fourth-order valence-electron chi connectivity index (χ4n) is 0.899. The van der Waals surface area contributed by atoms with Crippen LogP contribution in [0.2, 0.25) is 0 Å². The number of hydrogen-bond acceptors (Lipinski definition) is 6. The van der Waals surface area contributed by atoms with Crippen LogP contribution in [0.1, 0.15) is 12.7 Å². The number of ether oxygens (including phenoxy) is 1. The highest BCUT2D eigenvalue weighted by Gasteiger charge is 2.12. The molecule has 14 heavy (non-hydrogen) atoms. The van der Waals surface area contributed by atoms with E-state index in [4.69, 9.17) is 0 Å². The molecule has 1 heterocycles. The average Bonchev–Trinajstić information content (AvgIpc) is 2.59. The Hall–Kier alpha value is -1.50. The number of aryl methyl sites for hydroxylation is 1. The number of carbonyl (C=O) groups is 1. The van der Waals surface area contributed by atoms with Crippen LogP contribution < -0.4 is 5.32 Å². The van der Waals surface area contributed by atoms with Crippen molar-refractivity contribution < 1.29 is 9.53 Å². The van der Waals surface area contributed by atoms with Gasteiger partial charge in [0, 0.05) is 0 Å². The fraction of sp³-hybridized carbons (Fsp3) is 0.714. The highest BCUT2D eigenvalue weighted by Crippen LogP contribution is 1.89. The molecule has 0 amide bonds. The van der Waals surface area contributed by atoms with Crippen molar-refractivity contribution in [3.05, 3.63) is 5.82 Å². The first-order valence-corrected chi connectivity index (χ1v) is 4.17. The smallest absolute Gasteiger partial charge is 0.322 e. The summed E-state index contributed by atoms with van der Waals surface area (Å²) in [5, 5.41) is 14.3. The lowest BCUT2D eigenvalue weighted by atomic mass is 10.3. The van der Waals surface area contributed by atoms with Gasteiger partial charge in [0.25, 0.3) is 0 Å². The minimum atomic E-state index is -0.371. The van der Waals surface area contributed by atoms with E-state index < -0.39 is 0 Å². The second-order valence-electron chi connectivity index (χ2n) is 2.82. The van der Waals surface area contributed by atoms with E-state index in [9.17, 15) is 4.79 Å². The van der Waals surface area contributed by atoms with Gasteiger partial charge in [0.05, 0.1) is 20.7 Å². The van der Waals surface area contributed by atoms with E-state index in [2.05, 4.69) is 25.5 Å². The summed E-state index contributed by atoms with van der Waals surface area (Å²) in [6, 6.07) is -0.371. The van der Waals surface area contributed by atoms with Gasteiger partial charge in [0.2, 0.25) is 0 Å². The molecule has 0 aliphatic rings. The summed E-state index contributed by atoms with van der Waals surface area (Å²) < 4.78 is 4.54. The molecule has 1 N–H and O–H groups in total. The van der Waals surface area contributed by atoms with Crippen LogP contribution in [0.4, 0.5) is 0 Å². The molecule has 7 heteroatoms. The topological polar surface area (TPSA) is 81.9 Å². The van der Waals surface area contributed by atoms with Gasteiger partial charge in [-0.05, 0) is 12.1 Å². The summed E-state index contributed by atoms with van der Waals surface area (Å²) in [7, 11) is 3.03. The number of aromatic nitrogens is 4. The highest BCUT2D eigenvalue weighted by atomic mass is 16.5. The number of nitrogens with zero attached hydrogens (tertiary/aromatic N) is 4. The normalized spacial score (nSPS) is 12.5. The summed E-state index contributed by atoms with van der Waals surface area (Å²) in [6.45, 7) is 2.10. The van der Waals surface area contributed by atoms with Crippen LogP contribution in [-0.2, 0) is 23.1 Å². The van der Waals surface area contributed by atoms with Crippen molar-refractivity contribution >= 4 is 5.97 Å². The summed E-state index contributed by atoms with van der Waals surface area (Å²) in [5.74, 6) is 0.233. The molecule has 1 unspecified atom stereocenters. The minimum Gasteiger partial charge on any atom is -0.468 e. The monoisotopic (exact) mass is 199 g/mol. The van der Waals surface area contributed by atoms with Gasteiger partial charge in [-0.25, -0.2) is 0 Å². The van der Waals surface area contributed by atoms with Gasteiger partial charge in [-0.2, -0.15) is 4.80 Å². The zero-order chi connectivity index (χ0) is 10.6. The molecule has 1 aromatic rings. The molecule has 1 atom stereocenters. The molecule has 0 fully saturated rings. The first-order valence-electron chi connectivity index (χ1n) is 4.17. The summed E-state index contributed by atoms with van der Waals surface area (Å²) in [6.07, 6.45) is 0. The predicted molar refractivity (Wildman–Crippen MR) is 47.1 cm³/mol. The quantitative estimate of drug-likeness (QED) is 0.617. The second-order valence-corrected chi connectivity index (χ2v) is 2.82. The molecule has 0 aliphatic carbocycles. The van der Waals surface area contributed by atoms with Gasteiger partial charge in [-0.3, -0.25) is 10.1 Å². The van der Waals surface area contributed by atoms with Crippen molar-refractivity contribution in [1.29, 1.82) is 0 Å². The Balaban J connectivity index is 2.37. The van der Waals surface area contributed by atoms with E-state index in [0.717, 1.165) is 0 Å². The number of tetrazole rings is 1. The average molecular weight is 199 g/mol. The van der Waals surface area contributed by atoms with Crippen LogP contribution in [0.3, 0.4) is 0 Å². The lowest BCUT2D eigenvalue weighted by Crippen LogP contribution is -2.34. The molecular formula is C7H13N5O2. The highest BCUT2D eigenvalue weighted by molar-refractivity contribution is 5.74. The third-order valence-electron chi connectivity index (χ3n) is 1.67. The number of rotatable bonds is 4. The fourth-order valence-corrected chi connectivity index (χ4v) is 0.899. The van der Waals surface area contributed by atoms with Crippen LogP contribution >= 0.6 is 0 Å². The Bertz CT molecular complexity index is 311. The Labute approximate surface area is 81.4 Å². The van der Waals surface area contributed by atoms with Gasteiger partial charge >= 0.3 is 5.97 Å². The lowest BCUT2D eigenvalue weighted by Gasteiger charge is -2.08. The number of nitrogens with one attached hydrogen (secondary N) is 1. The maximum absolute atomic E-state index is 11.0. The maximum atomic E-state index is 11.0.